The van der Waals surface area contributed by atoms with E-state index in [1.165, 1.54) is 4.57 Å². The van der Waals surface area contributed by atoms with Crippen LogP contribution in [0, 0.1) is 0 Å². The number of aromatic nitrogens is 1. The standard InChI is InChI=1S/C19H17ClN2O3S/c1-12-8-9-21(15-4-2-3-5-17(15)26-12)18(23)11-22-14-7-6-13(20)10-16(14)25-19(22)24/h2-7,10,12H,8-9,11H2,1H3/t12-/m0/s1. The van der Waals surface area contributed by atoms with Crippen molar-refractivity contribution in [1.29, 1.82) is 0 Å². The summed E-state index contributed by atoms with van der Waals surface area (Å²) in [5, 5.41) is 0.908. The molecule has 0 aliphatic carbocycles. The number of carbonyl (C=O) groups excluding carboxylic acids is 1. The SMILES string of the molecule is C[C@H]1CCN(C(=O)Cn2c(=O)oc3cc(Cl)ccc32)c2ccccc2S1. The minimum Gasteiger partial charge on any atom is -0.408 e. The van der Waals surface area contributed by atoms with Crippen LogP contribution in [0.15, 0.2) is 56.6 Å². The lowest BCUT2D eigenvalue weighted by atomic mass is 10.2. The van der Waals surface area contributed by atoms with Crippen molar-refractivity contribution in [2.45, 2.75) is 30.0 Å². The van der Waals surface area contributed by atoms with Crippen LogP contribution in [0.3, 0.4) is 0 Å². The van der Waals surface area contributed by atoms with Crippen LogP contribution in [0.2, 0.25) is 5.02 Å². The van der Waals surface area contributed by atoms with Crippen LogP contribution in [0.4, 0.5) is 5.69 Å². The molecular formula is C19H17ClN2O3S. The Balaban J connectivity index is 1.69. The summed E-state index contributed by atoms with van der Waals surface area (Å²) in [4.78, 5) is 28.1. The molecule has 1 aliphatic rings. The molecule has 26 heavy (non-hydrogen) atoms. The number of fused-ring (bicyclic) bond motifs is 2. The molecule has 1 aliphatic heterocycles. The van der Waals surface area contributed by atoms with Crippen LogP contribution in [0.25, 0.3) is 11.1 Å². The third kappa shape index (κ3) is 3.15. The number of rotatable bonds is 2. The van der Waals surface area contributed by atoms with E-state index in [1.54, 1.807) is 34.9 Å². The van der Waals surface area contributed by atoms with Gasteiger partial charge in [-0.25, -0.2) is 4.79 Å². The second-order valence-corrected chi connectivity index (χ2v) is 8.21. The van der Waals surface area contributed by atoms with Crippen LogP contribution in [0.5, 0.6) is 0 Å². The molecule has 0 radical (unpaired) electrons. The molecule has 5 nitrogen and oxygen atoms in total. The minimum absolute atomic E-state index is 0.0686. The molecule has 2 heterocycles. The predicted octanol–water partition coefficient (Wildman–Crippen LogP) is 4.17. The van der Waals surface area contributed by atoms with E-state index in [-0.39, 0.29) is 12.5 Å². The normalized spacial score (nSPS) is 17.2. The summed E-state index contributed by atoms with van der Waals surface area (Å²) in [6.07, 6.45) is 0.891. The fraction of sp³-hybridized carbons (Fsp3) is 0.263. The highest BCUT2D eigenvalue weighted by molar-refractivity contribution is 8.00. The highest BCUT2D eigenvalue weighted by Gasteiger charge is 2.25. The quantitative estimate of drug-likeness (QED) is 0.661. The zero-order valence-corrected chi connectivity index (χ0v) is 15.7. The Bertz CT molecular complexity index is 1040. The van der Waals surface area contributed by atoms with Gasteiger partial charge in [-0.05, 0) is 30.7 Å². The van der Waals surface area contributed by atoms with Crippen molar-refractivity contribution in [3.05, 3.63) is 58.0 Å². The zero-order valence-electron chi connectivity index (χ0n) is 14.1. The average molecular weight is 389 g/mol. The van der Waals surface area contributed by atoms with E-state index in [0.717, 1.165) is 17.0 Å². The van der Waals surface area contributed by atoms with Gasteiger partial charge in [0.2, 0.25) is 5.91 Å². The number of hydrogen-bond acceptors (Lipinski definition) is 4. The summed E-state index contributed by atoms with van der Waals surface area (Å²) in [5.41, 5.74) is 1.85. The van der Waals surface area contributed by atoms with E-state index in [0.29, 0.717) is 27.9 Å². The van der Waals surface area contributed by atoms with Crippen LogP contribution in [-0.4, -0.2) is 22.3 Å². The molecule has 2 aromatic carbocycles. The lowest BCUT2D eigenvalue weighted by Gasteiger charge is -2.22. The van der Waals surface area contributed by atoms with E-state index >= 15 is 0 Å². The average Bonchev–Trinajstić information content (AvgIpc) is 2.80. The molecule has 0 bridgehead atoms. The predicted molar refractivity (Wildman–Crippen MR) is 104 cm³/mol. The number of nitrogens with zero attached hydrogens (tertiary/aromatic N) is 2. The Kier molecular flexibility index (Phi) is 4.54. The summed E-state index contributed by atoms with van der Waals surface area (Å²) in [7, 11) is 0. The van der Waals surface area contributed by atoms with E-state index < -0.39 is 5.76 Å². The van der Waals surface area contributed by atoms with Crippen molar-refractivity contribution < 1.29 is 9.21 Å². The summed E-state index contributed by atoms with van der Waals surface area (Å²) >= 11 is 7.72. The number of thioether (sulfide) groups is 1. The monoisotopic (exact) mass is 388 g/mol. The lowest BCUT2D eigenvalue weighted by molar-refractivity contribution is -0.119. The van der Waals surface area contributed by atoms with Crippen LogP contribution >= 0.6 is 23.4 Å². The maximum atomic E-state index is 13.0. The minimum atomic E-state index is -0.554. The van der Waals surface area contributed by atoms with Crippen molar-refractivity contribution in [3.63, 3.8) is 0 Å². The molecule has 0 saturated heterocycles. The molecule has 0 spiro atoms. The number of anilines is 1. The number of hydrogen-bond donors (Lipinski definition) is 0. The van der Waals surface area contributed by atoms with Gasteiger partial charge in [-0.1, -0.05) is 30.7 Å². The van der Waals surface area contributed by atoms with Gasteiger partial charge in [0.15, 0.2) is 5.58 Å². The number of amides is 1. The van der Waals surface area contributed by atoms with Crippen LogP contribution in [0.1, 0.15) is 13.3 Å². The third-order valence-electron chi connectivity index (χ3n) is 4.47. The molecule has 1 amide bonds. The van der Waals surface area contributed by atoms with Crippen molar-refractivity contribution in [1.82, 2.24) is 4.57 Å². The molecule has 4 rings (SSSR count). The van der Waals surface area contributed by atoms with Gasteiger partial charge < -0.3 is 9.32 Å². The van der Waals surface area contributed by atoms with E-state index in [9.17, 15) is 9.59 Å². The fourth-order valence-electron chi connectivity index (χ4n) is 3.16. The summed E-state index contributed by atoms with van der Waals surface area (Å²) in [6.45, 7) is 2.72. The lowest BCUT2D eigenvalue weighted by Crippen LogP contribution is -2.36. The molecule has 7 heteroatoms. The Morgan fingerprint density at radius 2 is 2.12 bits per heavy atom. The molecule has 1 aromatic heterocycles. The molecular weight excluding hydrogens is 372 g/mol. The molecule has 0 N–H and O–H groups in total. The Morgan fingerprint density at radius 1 is 1.31 bits per heavy atom. The Labute approximate surface area is 159 Å². The van der Waals surface area contributed by atoms with Gasteiger partial charge in [0, 0.05) is 27.8 Å². The highest BCUT2D eigenvalue weighted by atomic mass is 35.5. The fourth-order valence-corrected chi connectivity index (χ4v) is 4.43. The third-order valence-corrected chi connectivity index (χ3v) is 5.94. The molecule has 0 saturated carbocycles. The van der Waals surface area contributed by atoms with Gasteiger partial charge >= 0.3 is 5.76 Å². The van der Waals surface area contributed by atoms with Crippen LogP contribution < -0.4 is 10.7 Å². The number of para-hydroxylation sites is 1. The van der Waals surface area contributed by atoms with Crippen molar-refractivity contribution in [2.75, 3.05) is 11.4 Å². The summed E-state index contributed by atoms with van der Waals surface area (Å²) in [6, 6.07) is 12.8. The van der Waals surface area contributed by atoms with Gasteiger partial charge in [-0.2, -0.15) is 0 Å². The van der Waals surface area contributed by atoms with E-state index in [4.69, 9.17) is 16.0 Å². The Morgan fingerprint density at radius 3 is 2.96 bits per heavy atom. The summed E-state index contributed by atoms with van der Waals surface area (Å²) < 4.78 is 6.59. The van der Waals surface area contributed by atoms with E-state index in [2.05, 4.69) is 6.92 Å². The first-order valence-corrected chi connectivity index (χ1v) is 9.63. The smallest absolute Gasteiger partial charge is 0.408 e. The Hall–Kier alpha value is -2.18. The molecule has 1 atom stereocenters. The first-order valence-electron chi connectivity index (χ1n) is 8.38. The topological polar surface area (TPSA) is 55.5 Å². The van der Waals surface area contributed by atoms with Gasteiger partial charge in [-0.3, -0.25) is 9.36 Å². The highest BCUT2D eigenvalue weighted by Crippen LogP contribution is 2.37. The number of oxazole rings is 1. The summed E-state index contributed by atoms with van der Waals surface area (Å²) in [5.74, 6) is -0.687. The molecule has 134 valence electrons. The van der Waals surface area contributed by atoms with Gasteiger partial charge in [0.05, 0.1) is 11.2 Å². The molecule has 0 fully saturated rings. The van der Waals surface area contributed by atoms with E-state index in [1.807, 2.05) is 24.3 Å². The number of halogens is 1. The second kappa shape index (κ2) is 6.85. The number of carbonyl (C=O) groups is 1. The van der Waals surface area contributed by atoms with Crippen molar-refractivity contribution >= 4 is 46.1 Å². The largest absolute Gasteiger partial charge is 0.420 e. The zero-order chi connectivity index (χ0) is 18.3. The second-order valence-electron chi connectivity index (χ2n) is 6.30. The van der Waals surface area contributed by atoms with Crippen LogP contribution in [-0.2, 0) is 11.3 Å². The van der Waals surface area contributed by atoms with Gasteiger partial charge in [0.1, 0.15) is 6.54 Å². The van der Waals surface area contributed by atoms with Crippen molar-refractivity contribution in [2.24, 2.45) is 0 Å². The first-order chi connectivity index (χ1) is 12.5. The van der Waals surface area contributed by atoms with Crippen molar-refractivity contribution in [3.8, 4) is 0 Å². The number of benzene rings is 2. The maximum Gasteiger partial charge on any atom is 0.420 e. The van der Waals surface area contributed by atoms with Gasteiger partial charge in [-0.15, -0.1) is 11.8 Å². The first kappa shape index (κ1) is 17.2. The van der Waals surface area contributed by atoms with Gasteiger partial charge in [0.25, 0.3) is 0 Å². The molecule has 0 unspecified atom stereocenters. The maximum absolute atomic E-state index is 13.0. The molecule has 3 aromatic rings.